The van der Waals surface area contributed by atoms with Gasteiger partial charge in [-0.3, -0.25) is 0 Å². The van der Waals surface area contributed by atoms with E-state index in [2.05, 4.69) is 4.90 Å². The lowest BCUT2D eigenvalue weighted by molar-refractivity contribution is 0.126. The molecule has 3 rings (SSSR count). The van der Waals surface area contributed by atoms with Crippen molar-refractivity contribution in [2.75, 3.05) is 19.0 Å². The second-order valence-corrected chi connectivity index (χ2v) is 8.35. The third-order valence-corrected chi connectivity index (χ3v) is 6.45. The molecular formula is C15H22N2O3S. The van der Waals surface area contributed by atoms with Crippen molar-refractivity contribution in [3.63, 3.8) is 0 Å². The minimum Gasteiger partial charge on any atom is -0.393 e. The molecule has 2 fully saturated rings. The maximum absolute atomic E-state index is 12.1. The number of nitrogens with zero attached hydrogens (tertiary/aromatic N) is 2. The highest BCUT2D eigenvalue weighted by Gasteiger charge is 2.40. The largest absolute Gasteiger partial charge is 0.393 e. The van der Waals surface area contributed by atoms with Gasteiger partial charge in [0.25, 0.3) is 0 Å². The van der Waals surface area contributed by atoms with Gasteiger partial charge in [0, 0.05) is 31.9 Å². The maximum Gasteiger partial charge on any atom is 0.242 e. The quantitative estimate of drug-likeness (QED) is 0.917. The summed E-state index contributed by atoms with van der Waals surface area (Å²) in [6, 6.07) is 7.90. The van der Waals surface area contributed by atoms with Gasteiger partial charge in [0.1, 0.15) is 0 Å². The molecule has 2 saturated heterocycles. The van der Waals surface area contributed by atoms with Crippen LogP contribution in [0.15, 0.2) is 29.2 Å². The molecule has 2 unspecified atom stereocenters. The van der Waals surface area contributed by atoms with Crippen LogP contribution in [0, 0.1) is 0 Å². The van der Waals surface area contributed by atoms with Crippen LogP contribution in [0.25, 0.3) is 0 Å². The molecule has 2 heterocycles. The summed E-state index contributed by atoms with van der Waals surface area (Å²) in [5.41, 5.74) is 1.06. The SMILES string of the molecule is CN(C)S(=O)(=O)c1ccc(N2C3CCC2CC(O)C3)cc1. The smallest absolute Gasteiger partial charge is 0.242 e. The minimum atomic E-state index is -3.37. The second-order valence-electron chi connectivity index (χ2n) is 6.20. The van der Waals surface area contributed by atoms with Crippen molar-refractivity contribution < 1.29 is 13.5 Å². The van der Waals surface area contributed by atoms with Crippen molar-refractivity contribution >= 4 is 15.7 Å². The Bertz CT molecular complexity index is 598. The van der Waals surface area contributed by atoms with E-state index in [4.69, 9.17) is 0 Å². The number of benzene rings is 1. The van der Waals surface area contributed by atoms with Gasteiger partial charge in [-0.1, -0.05) is 0 Å². The van der Waals surface area contributed by atoms with E-state index in [1.165, 1.54) is 18.4 Å². The number of piperidine rings is 1. The first-order valence-electron chi connectivity index (χ1n) is 7.38. The molecule has 0 saturated carbocycles. The van der Waals surface area contributed by atoms with Crippen LogP contribution >= 0.6 is 0 Å². The minimum absolute atomic E-state index is 0.188. The summed E-state index contributed by atoms with van der Waals surface area (Å²) in [4.78, 5) is 2.68. The highest BCUT2D eigenvalue weighted by Crippen LogP contribution is 2.39. The number of hydrogen-bond acceptors (Lipinski definition) is 4. The van der Waals surface area contributed by atoms with E-state index in [9.17, 15) is 13.5 Å². The zero-order chi connectivity index (χ0) is 15.2. The Morgan fingerprint density at radius 1 is 1.10 bits per heavy atom. The van der Waals surface area contributed by atoms with Gasteiger partial charge in [-0.2, -0.15) is 0 Å². The Kier molecular flexibility index (Phi) is 3.71. The topological polar surface area (TPSA) is 60.9 Å². The summed E-state index contributed by atoms with van der Waals surface area (Å²) in [7, 11) is -0.295. The predicted octanol–water partition coefficient (Wildman–Crippen LogP) is 1.43. The van der Waals surface area contributed by atoms with Crippen LogP contribution in [0.4, 0.5) is 5.69 Å². The zero-order valence-electron chi connectivity index (χ0n) is 12.4. The van der Waals surface area contributed by atoms with E-state index >= 15 is 0 Å². The first-order chi connectivity index (χ1) is 9.89. The molecule has 0 spiro atoms. The third-order valence-electron chi connectivity index (χ3n) is 4.62. The second kappa shape index (κ2) is 5.26. The van der Waals surface area contributed by atoms with E-state index in [0.717, 1.165) is 31.4 Å². The lowest BCUT2D eigenvalue weighted by atomic mass is 9.99. The Hall–Kier alpha value is -1.11. The Morgan fingerprint density at radius 3 is 2.10 bits per heavy atom. The van der Waals surface area contributed by atoms with E-state index < -0.39 is 10.0 Å². The number of aliphatic hydroxyl groups is 1. The fourth-order valence-corrected chi connectivity index (χ4v) is 4.47. The van der Waals surface area contributed by atoms with Gasteiger partial charge in [0.15, 0.2) is 0 Å². The molecule has 0 amide bonds. The van der Waals surface area contributed by atoms with E-state index in [-0.39, 0.29) is 6.10 Å². The van der Waals surface area contributed by atoms with Gasteiger partial charge in [-0.15, -0.1) is 0 Å². The Labute approximate surface area is 126 Å². The summed E-state index contributed by atoms with van der Waals surface area (Å²) in [6.07, 6.45) is 3.66. The number of rotatable bonds is 3. The lowest BCUT2D eigenvalue weighted by Gasteiger charge is -2.39. The van der Waals surface area contributed by atoms with E-state index in [0.29, 0.717) is 17.0 Å². The fourth-order valence-electron chi connectivity index (χ4n) is 3.57. The molecule has 2 aliphatic heterocycles. The Morgan fingerprint density at radius 2 is 1.62 bits per heavy atom. The fraction of sp³-hybridized carbons (Fsp3) is 0.600. The number of aliphatic hydroxyl groups excluding tert-OH is 1. The van der Waals surface area contributed by atoms with Crippen molar-refractivity contribution in [3.8, 4) is 0 Å². The van der Waals surface area contributed by atoms with Gasteiger partial charge in [0.05, 0.1) is 11.0 Å². The summed E-state index contributed by atoms with van der Waals surface area (Å²) >= 11 is 0. The first kappa shape index (κ1) is 14.8. The summed E-state index contributed by atoms with van der Waals surface area (Å²) in [5.74, 6) is 0. The molecule has 2 atom stereocenters. The maximum atomic E-state index is 12.1. The monoisotopic (exact) mass is 310 g/mol. The van der Waals surface area contributed by atoms with E-state index in [1.807, 2.05) is 12.1 Å². The van der Waals surface area contributed by atoms with Crippen molar-refractivity contribution in [1.29, 1.82) is 0 Å². The Balaban J connectivity index is 1.86. The molecular weight excluding hydrogens is 288 g/mol. The standard InChI is InChI=1S/C15H22N2O3S/c1-16(2)21(19,20)15-7-5-11(6-8-15)17-12-3-4-13(17)10-14(18)9-12/h5-8,12-14,18H,3-4,9-10H2,1-2H3. The number of sulfonamides is 1. The van der Waals surface area contributed by atoms with Crippen LogP contribution in [0.5, 0.6) is 0 Å². The van der Waals surface area contributed by atoms with Crippen LogP contribution < -0.4 is 4.90 Å². The molecule has 1 aromatic carbocycles. The third kappa shape index (κ3) is 2.56. The van der Waals surface area contributed by atoms with Gasteiger partial charge in [0.2, 0.25) is 10.0 Å². The molecule has 1 aromatic rings. The normalized spacial score (nSPS) is 29.1. The average Bonchev–Trinajstić information content (AvgIpc) is 2.71. The molecule has 2 aliphatic rings. The summed E-state index contributed by atoms with van der Waals surface area (Å²) < 4.78 is 25.4. The molecule has 6 heteroatoms. The highest BCUT2D eigenvalue weighted by molar-refractivity contribution is 7.89. The first-order valence-corrected chi connectivity index (χ1v) is 8.82. The number of fused-ring (bicyclic) bond motifs is 2. The lowest BCUT2D eigenvalue weighted by Crippen LogP contribution is -2.44. The van der Waals surface area contributed by atoms with Gasteiger partial charge in [-0.05, 0) is 49.9 Å². The van der Waals surface area contributed by atoms with Crippen molar-refractivity contribution in [3.05, 3.63) is 24.3 Å². The number of anilines is 1. The molecule has 5 nitrogen and oxygen atoms in total. The average molecular weight is 310 g/mol. The predicted molar refractivity (Wildman–Crippen MR) is 81.8 cm³/mol. The molecule has 0 aromatic heterocycles. The van der Waals surface area contributed by atoms with E-state index in [1.54, 1.807) is 12.1 Å². The van der Waals surface area contributed by atoms with Gasteiger partial charge in [-0.25, -0.2) is 12.7 Å². The van der Waals surface area contributed by atoms with Crippen LogP contribution in [0.1, 0.15) is 25.7 Å². The van der Waals surface area contributed by atoms with Gasteiger partial charge >= 0.3 is 0 Å². The number of hydrogen-bond donors (Lipinski definition) is 1. The molecule has 1 N–H and O–H groups in total. The van der Waals surface area contributed by atoms with Crippen LogP contribution in [-0.2, 0) is 10.0 Å². The highest BCUT2D eigenvalue weighted by atomic mass is 32.2. The van der Waals surface area contributed by atoms with Crippen molar-refractivity contribution in [2.45, 2.75) is 48.8 Å². The molecule has 0 radical (unpaired) electrons. The van der Waals surface area contributed by atoms with Crippen LogP contribution in [0.2, 0.25) is 0 Å². The van der Waals surface area contributed by atoms with Crippen LogP contribution in [0.3, 0.4) is 0 Å². The van der Waals surface area contributed by atoms with Gasteiger partial charge < -0.3 is 10.0 Å². The molecule has 0 aliphatic carbocycles. The van der Waals surface area contributed by atoms with Crippen molar-refractivity contribution in [2.24, 2.45) is 0 Å². The molecule has 2 bridgehead atoms. The zero-order valence-corrected chi connectivity index (χ0v) is 13.3. The summed E-state index contributed by atoms with van der Waals surface area (Å²) in [6.45, 7) is 0. The molecule has 21 heavy (non-hydrogen) atoms. The van der Waals surface area contributed by atoms with Crippen LogP contribution in [-0.4, -0.2) is 50.1 Å². The van der Waals surface area contributed by atoms with Crippen molar-refractivity contribution in [1.82, 2.24) is 4.31 Å². The summed E-state index contributed by atoms with van der Waals surface area (Å²) in [5, 5.41) is 9.86. The molecule has 116 valence electrons.